The van der Waals surface area contributed by atoms with Gasteiger partial charge >= 0.3 is 0 Å². The molecule has 0 atom stereocenters. The van der Waals surface area contributed by atoms with Crippen LogP contribution in [0.5, 0.6) is 5.75 Å². The van der Waals surface area contributed by atoms with Crippen LogP contribution in [0.1, 0.15) is 43.2 Å². The number of aryl methyl sites for hydroxylation is 1. The summed E-state index contributed by atoms with van der Waals surface area (Å²) in [5, 5.41) is 8.28. The van der Waals surface area contributed by atoms with Gasteiger partial charge < -0.3 is 9.64 Å². The molecule has 162 valence electrons. The van der Waals surface area contributed by atoms with Gasteiger partial charge in [0.1, 0.15) is 5.75 Å². The van der Waals surface area contributed by atoms with Crippen molar-refractivity contribution >= 4 is 17.5 Å². The molecule has 2 aromatic carbocycles. The molecule has 0 saturated carbocycles. The summed E-state index contributed by atoms with van der Waals surface area (Å²) in [6, 6.07) is 13.7. The van der Waals surface area contributed by atoms with Crippen molar-refractivity contribution in [2.75, 3.05) is 13.2 Å². The number of halogens is 1. The first-order valence-electron chi connectivity index (χ1n) is 10.6. The smallest absolute Gasteiger partial charge is 0.260 e. The average molecular weight is 438 g/mol. The molecule has 0 saturated heterocycles. The van der Waals surface area contributed by atoms with E-state index in [9.17, 15) is 4.79 Å². The van der Waals surface area contributed by atoms with Crippen LogP contribution in [0.15, 0.2) is 42.5 Å². The van der Waals surface area contributed by atoms with E-state index in [0.717, 1.165) is 40.2 Å². The van der Waals surface area contributed by atoms with Crippen molar-refractivity contribution in [2.45, 2.75) is 46.1 Å². The van der Waals surface area contributed by atoms with E-state index in [0.29, 0.717) is 18.1 Å². The lowest BCUT2D eigenvalue weighted by atomic mass is 9.85. The number of rotatable bonds is 4. The highest BCUT2D eigenvalue weighted by atomic mass is 35.5. The number of hydrogen-bond acceptors (Lipinski definition) is 3. The third-order valence-electron chi connectivity index (χ3n) is 5.68. The first-order chi connectivity index (χ1) is 14.7. The maximum Gasteiger partial charge on any atom is 0.260 e. The number of benzene rings is 2. The van der Waals surface area contributed by atoms with Crippen molar-refractivity contribution < 1.29 is 9.53 Å². The van der Waals surface area contributed by atoms with Crippen LogP contribution in [0.3, 0.4) is 0 Å². The summed E-state index contributed by atoms with van der Waals surface area (Å²) in [5.74, 6) is 0.747. The van der Waals surface area contributed by atoms with Gasteiger partial charge in [0.25, 0.3) is 5.91 Å². The molecule has 4 rings (SSSR count). The normalized spacial score (nSPS) is 13.8. The lowest BCUT2D eigenvalue weighted by Gasteiger charge is -2.28. The summed E-state index contributed by atoms with van der Waals surface area (Å²) >= 11 is 6.16. The minimum Gasteiger partial charge on any atom is -0.483 e. The zero-order valence-electron chi connectivity index (χ0n) is 18.5. The van der Waals surface area contributed by atoms with Gasteiger partial charge in [0.2, 0.25) is 0 Å². The highest BCUT2D eigenvalue weighted by Gasteiger charge is 2.27. The summed E-state index contributed by atoms with van der Waals surface area (Å²) in [4.78, 5) is 14.8. The minimum atomic E-state index is -0.0624. The summed E-state index contributed by atoms with van der Waals surface area (Å²) in [6.45, 7) is 9.70. The van der Waals surface area contributed by atoms with Gasteiger partial charge in [-0.1, -0.05) is 62.2 Å². The van der Waals surface area contributed by atoms with E-state index in [1.165, 1.54) is 5.56 Å². The molecule has 0 radical (unpaired) electrons. The molecule has 31 heavy (non-hydrogen) atoms. The van der Waals surface area contributed by atoms with Crippen LogP contribution in [-0.4, -0.2) is 34.2 Å². The SMILES string of the molecule is Cc1ccc(OCC(=O)N2CCc3[nH]nc(-c4cccc(Cl)c4)c3C2)c(C(C)(C)C)c1. The maximum absolute atomic E-state index is 13.0. The van der Waals surface area contributed by atoms with Gasteiger partial charge in [-0.25, -0.2) is 0 Å². The number of amides is 1. The van der Waals surface area contributed by atoms with E-state index in [2.05, 4.69) is 44.0 Å². The van der Waals surface area contributed by atoms with Crippen molar-refractivity contribution in [2.24, 2.45) is 0 Å². The second-order valence-corrected chi connectivity index (χ2v) is 9.58. The number of carbonyl (C=O) groups excluding carboxylic acids is 1. The highest BCUT2D eigenvalue weighted by molar-refractivity contribution is 6.30. The maximum atomic E-state index is 13.0. The fraction of sp³-hybridized carbons (Fsp3) is 0.360. The number of fused-ring (bicyclic) bond motifs is 1. The molecule has 1 N–H and O–H groups in total. The lowest BCUT2D eigenvalue weighted by molar-refractivity contribution is -0.134. The Bertz CT molecular complexity index is 1110. The molecule has 1 aromatic heterocycles. The number of nitrogens with zero attached hydrogens (tertiary/aromatic N) is 2. The average Bonchev–Trinajstić information content (AvgIpc) is 3.15. The molecular weight excluding hydrogens is 410 g/mol. The molecule has 0 spiro atoms. The Morgan fingerprint density at radius 3 is 2.77 bits per heavy atom. The third kappa shape index (κ3) is 4.62. The summed E-state index contributed by atoms with van der Waals surface area (Å²) in [6.07, 6.45) is 0.742. The number of aromatic nitrogens is 2. The van der Waals surface area contributed by atoms with E-state index < -0.39 is 0 Å². The zero-order valence-corrected chi connectivity index (χ0v) is 19.2. The van der Waals surface area contributed by atoms with Crippen LogP contribution >= 0.6 is 11.6 Å². The zero-order chi connectivity index (χ0) is 22.2. The second kappa shape index (κ2) is 8.39. The predicted molar refractivity (Wildman–Crippen MR) is 124 cm³/mol. The molecule has 0 aliphatic carbocycles. The van der Waals surface area contributed by atoms with Crippen LogP contribution in [-0.2, 0) is 23.2 Å². The molecular formula is C25H28ClN3O2. The molecule has 1 aliphatic heterocycles. The van der Waals surface area contributed by atoms with Gasteiger partial charge in [0.05, 0.1) is 5.69 Å². The molecule has 1 amide bonds. The first kappa shape index (κ1) is 21.4. The first-order valence-corrected chi connectivity index (χ1v) is 10.9. The number of ether oxygens (including phenoxy) is 1. The van der Waals surface area contributed by atoms with Gasteiger partial charge in [-0.15, -0.1) is 0 Å². The van der Waals surface area contributed by atoms with Gasteiger partial charge in [-0.05, 0) is 36.1 Å². The Morgan fingerprint density at radius 2 is 2.03 bits per heavy atom. The van der Waals surface area contributed by atoms with Crippen LogP contribution < -0.4 is 4.74 Å². The van der Waals surface area contributed by atoms with Crippen LogP contribution in [0.4, 0.5) is 0 Å². The van der Waals surface area contributed by atoms with Crippen LogP contribution in [0.25, 0.3) is 11.3 Å². The Kier molecular flexibility index (Phi) is 5.80. The standard InChI is InChI=1S/C25H28ClN3O2/c1-16-8-9-22(20(12-16)25(2,3)4)31-15-23(30)29-11-10-21-19(14-29)24(28-27-21)17-6-5-7-18(26)13-17/h5-9,12-13H,10-11,14-15H2,1-4H3,(H,27,28). The van der Waals surface area contributed by atoms with Gasteiger partial charge in [0.15, 0.2) is 6.61 Å². The summed E-state index contributed by atoms with van der Waals surface area (Å²) in [5.41, 5.74) is 6.16. The van der Waals surface area contributed by atoms with Gasteiger partial charge in [0, 0.05) is 41.4 Å². The van der Waals surface area contributed by atoms with Gasteiger partial charge in [-0.2, -0.15) is 5.10 Å². The van der Waals surface area contributed by atoms with Crippen molar-refractivity contribution in [1.29, 1.82) is 0 Å². The lowest BCUT2D eigenvalue weighted by Crippen LogP contribution is -2.39. The number of carbonyl (C=O) groups is 1. The minimum absolute atomic E-state index is 0.0197. The second-order valence-electron chi connectivity index (χ2n) is 9.14. The van der Waals surface area contributed by atoms with E-state index in [1.54, 1.807) is 0 Å². The Labute approximate surface area is 188 Å². The molecule has 0 unspecified atom stereocenters. The largest absolute Gasteiger partial charge is 0.483 e. The molecule has 0 bridgehead atoms. The Hall–Kier alpha value is -2.79. The number of hydrogen-bond donors (Lipinski definition) is 1. The molecule has 5 nitrogen and oxygen atoms in total. The van der Waals surface area contributed by atoms with Crippen molar-refractivity contribution in [3.63, 3.8) is 0 Å². The molecule has 3 aromatic rings. The fourth-order valence-electron chi connectivity index (χ4n) is 3.97. The quantitative estimate of drug-likeness (QED) is 0.602. The van der Waals surface area contributed by atoms with Crippen molar-refractivity contribution in [1.82, 2.24) is 15.1 Å². The Morgan fingerprint density at radius 1 is 1.23 bits per heavy atom. The number of H-pyrrole nitrogens is 1. The van der Waals surface area contributed by atoms with E-state index in [-0.39, 0.29) is 17.9 Å². The van der Waals surface area contributed by atoms with Crippen LogP contribution in [0, 0.1) is 6.92 Å². The molecule has 2 heterocycles. The van der Waals surface area contributed by atoms with Crippen molar-refractivity contribution in [3.8, 4) is 17.0 Å². The van der Waals surface area contributed by atoms with Crippen molar-refractivity contribution in [3.05, 3.63) is 69.9 Å². The predicted octanol–water partition coefficient (Wildman–Crippen LogP) is 5.30. The number of aromatic amines is 1. The molecule has 0 fully saturated rings. The fourth-order valence-corrected chi connectivity index (χ4v) is 4.16. The van der Waals surface area contributed by atoms with Crippen LogP contribution in [0.2, 0.25) is 5.02 Å². The highest BCUT2D eigenvalue weighted by Crippen LogP contribution is 2.33. The number of nitrogens with one attached hydrogen (secondary N) is 1. The molecule has 1 aliphatic rings. The summed E-state index contributed by atoms with van der Waals surface area (Å²) in [7, 11) is 0. The van der Waals surface area contributed by atoms with E-state index in [1.807, 2.05) is 41.3 Å². The van der Waals surface area contributed by atoms with E-state index >= 15 is 0 Å². The monoisotopic (exact) mass is 437 g/mol. The van der Waals surface area contributed by atoms with E-state index in [4.69, 9.17) is 16.3 Å². The Balaban J connectivity index is 1.49. The van der Waals surface area contributed by atoms with Gasteiger partial charge in [-0.3, -0.25) is 9.89 Å². The summed E-state index contributed by atoms with van der Waals surface area (Å²) < 4.78 is 6.00. The topological polar surface area (TPSA) is 58.2 Å². The molecule has 6 heteroatoms. The third-order valence-corrected chi connectivity index (χ3v) is 5.91.